The first kappa shape index (κ1) is 16.6. The second kappa shape index (κ2) is 7.09. The number of benzene rings is 2. The lowest BCUT2D eigenvalue weighted by Crippen LogP contribution is -2.06. The van der Waals surface area contributed by atoms with Gasteiger partial charge in [0, 0.05) is 11.1 Å². The van der Waals surface area contributed by atoms with Crippen LogP contribution in [0.5, 0.6) is 17.2 Å². The van der Waals surface area contributed by atoms with Crippen molar-refractivity contribution in [1.82, 2.24) is 0 Å². The summed E-state index contributed by atoms with van der Waals surface area (Å²) in [4.78, 5) is 16.4. The molecule has 2 aromatic carbocycles. The van der Waals surface area contributed by atoms with Gasteiger partial charge in [-0.05, 0) is 30.3 Å². The minimum Gasteiger partial charge on any atom is -0.496 e. The lowest BCUT2D eigenvalue weighted by atomic mass is 10.1. The van der Waals surface area contributed by atoms with E-state index in [1.807, 2.05) is 24.3 Å². The highest BCUT2D eigenvalue weighted by Crippen LogP contribution is 2.30. The summed E-state index contributed by atoms with van der Waals surface area (Å²) in [7, 11) is 4.67. The maximum absolute atomic E-state index is 12.1. The first-order chi connectivity index (χ1) is 12.2. The third-order valence-corrected chi connectivity index (χ3v) is 3.68. The van der Waals surface area contributed by atoms with Crippen molar-refractivity contribution in [2.45, 2.75) is 0 Å². The summed E-state index contributed by atoms with van der Waals surface area (Å²) in [6.45, 7) is 0. The average molecular weight is 339 g/mol. The standard InChI is InChI=1S/C19H17NO5/c1-22-15-7-5-4-6-12(15)10-14-19(21)25-18(20-14)13-8-9-16(23-2)17(11-13)24-3/h4-11H,1-3H3/b14-10+. The minimum atomic E-state index is -0.518. The van der Waals surface area contributed by atoms with Crippen LogP contribution in [-0.4, -0.2) is 33.2 Å². The van der Waals surface area contributed by atoms with Gasteiger partial charge in [-0.15, -0.1) is 0 Å². The Hall–Kier alpha value is -3.28. The largest absolute Gasteiger partial charge is 0.496 e. The molecule has 0 aliphatic carbocycles. The molecule has 6 nitrogen and oxygen atoms in total. The van der Waals surface area contributed by atoms with Gasteiger partial charge in [0.2, 0.25) is 5.90 Å². The lowest BCUT2D eigenvalue weighted by Gasteiger charge is -2.08. The first-order valence-electron chi connectivity index (χ1n) is 7.54. The molecule has 0 spiro atoms. The Kier molecular flexibility index (Phi) is 4.70. The summed E-state index contributed by atoms with van der Waals surface area (Å²) in [5.41, 5.74) is 1.57. The van der Waals surface area contributed by atoms with Crippen LogP contribution in [0.2, 0.25) is 0 Å². The van der Waals surface area contributed by atoms with E-state index < -0.39 is 5.97 Å². The third kappa shape index (κ3) is 3.33. The second-order valence-corrected chi connectivity index (χ2v) is 5.15. The molecule has 2 aromatic rings. The molecular formula is C19H17NO5. The van der Waals surface area contributed by atoms with Gasteiger partial charge in [0.05, 0.1) is 21.3 Å². The highest BCUT2D eigenvalue weighted by molar-refractivity contribution is 6.13. The normalized spacial score (nSPS) is 14.9. The predicted molar refractivity (Wildman–Crippen MR) is 93.1 cm³/mol. The molecule has 128 valence electrons. The molecule has 0 amide bonds. The molecule has 3 rings (SSSR count). The number of nitrogens with zero attached hydrogens (tertiary/aromatic N) is 1. The number of ether oxygens (including phenoxy) is 4. The Morgan fingerprint density at radius 2 is 1.64 bits per heavy atom. The van der Waals surface area contributed by atoms with Crippen molar-refractivity contribution in [2.75, 3.05) is 21.3 Å². The summed E-state index contributed by atoms with van der Waals surface area (Å²) in [6.07, 6.45) is 1.63. The third-order valence-electron chi connectivity index (χ3n) is 3.68. The zero-order valence-corrected chi connectivity index (χ0v) is 14.1. The van der Waals surface area contributed by atoms with Gasteiger partial charge < -0.3 is 18.9 Å². The number of hydrogen-bond acceptors (Lipinski definition) is 6. The van der Waals surface area contributed by atoms with Crippen molar-refractivity contribution in [3.05, 3.63) is 59.3 Å². The lowest BCUT2D eigenvalue weighted by molar-refractivity contribution is -0.129. The van der Waals surface area contributed by atoms with Crippen molar-refractivity contribution >= 4 is 17.9 Å². The van der Waals surface area contributed by atoms with Gasteiger partial charge in [0.15, 0.2) is 17.2 Å². The molecule has 6 heteroatoms. The molecule has 0 aromatic heterocycles. The fourth-order valence-electron chi connectivity index (χ4n) is 2.43. The van der Waals surface area contributed by atoms with Crippen LogP contribution in [0.1, 0.15) is 11.1 Å². The molecule has 1 aliphatic heterocycles. The second-order valence-electron chi connectivity index (χ2n) is 5.15. The molecule has 0 radical (unpaired) electrons. The van der Waals surface area contributed by atoms with E-state index in [0.717, 1.165) is 5.56 Å². The van der Waals surface area contributed by atoms with Crippen molar-refractivity contribution in [3.63, 3.8) is 0 Å². The van der Waals surface area contributed by atoms with Gasteiger partial charge in [0.25, 0.3) is 0 Å². The minimum absolute atomic E-state index is 0.203. The van der Waals surface area contributed by atoms with Crippen LogP contribution < -0.4 is 14.2 Å². The van der Waals surface area contributed by atoms with Gasteiger partial charge in [0.1, 0.15) is 5.75 Å². The summed E-state index contributed by atoms with van der Waals surface area (Å²) < 4.78 is 21.0. The molecule has 25 heavy (non-hydrogen) atoms. The smallest absolute Gasteiger partial charge is 0.363 e. The first-order valence-corrected chi connectivity index (χ1v) is 7.54. The number of esters is 1. The number of para-hydroxylation sites is 1. The maximum atomic E-state index is 12.1. The highest BCUT2D eigenvalue weighted by Gasteiger charge is 2.25. The molecule has 0 unspecified atom stereocenters. The van der Waals surface area contributed by atoms with Crippen molar-refractivity contribution in [2.24, 2.45) is 4.99 Å². The maximum Gasteiger partial charge on any atom is 0.363 e. The van der Waals surface area contributed by atoms with E-state index in [4.69, 9.17) is 18.9 Å². The molecule has 0 N–H and O–H groups in total. The topological polar surface area (TPSA) is 66.3 Å². The van der Waals surface area contributed by atoms with Crippen LogP contribution >= 0.6 is 0 Å². The van der Waals surface area contributed by atoms with Gasteiger partial charge >= 0.3 is 5.97 Å². The molecule has 1 aliphatic rings. The van der Waals surface area contributed by atoms with E-state index in [1.165, 1.54) is 7.11 Å². The Balaban J connectivity index is 1.96. The average Bonchev–Trinajstić information content (AvgIpc) is 3.02. The van der Waals surface area contributed by atoms with Gasteiger partial charge in [-0.25, -0.2) is 9.79 Å². The molecule has 0 saturated carbocycles. The van der Waals surface area contributed by atoms with E-state index >= 15 is 0 Å². The number of carbonyl (C=O) groups is 1. The zero-order valence-electron chi connectivity index (χ0n) is 14.1. The molecule has 0 saturated heterocycles. The number of methoxy groups -OCH3 is 3. The van der Waals surface area contributed by atoms with Gasteiger partial charge in [-0.1, -0.05) is 18.2 Å². The Morgan fingerprint density at radius 1 is 0.920 bits per heavy atom. The van der Waals surface area contributed by atoms with Crippen LogP contribution in [0.3, 0.4) is 0 Å². The van der Waals surface area contributed by atoms with Crippen LogP contribution in [0, 0.1) is 0 Å². The zero-order chi connectivity index (χ0) is 17.8. The van der Waals surface area contributed by atoms with Gasteiger partial charge in [-0.2, -0.15) is 0 Å². The molecule has 0 bridgehead atoms. The fourth-order valence-corrected chi connectivity index (χ4v) is 2.43. The monoisotopic (exact) mass is 339 g/mol. The van der Waals surface area contributed by atoms with Crippen LogP contribution in [0.15, 0.2) is 53.2 Å². The Labute approximate surface area is 145 Å². The number of rotatable bonds is 5. The highest BCUT2D eigenvalue weighted by atomic mass is 16.6. The van der Waals surface area contributed by atoms with E-state index in [-0.39, 0.29) is 11.6 Å². The van der Waals surface area contributed by atoms with Crippen molar-refractivity contribution < 1.29 is 23.7 Å². The number of aliphatic imine (C=N–C) groups is 1. The summed E-state index contributed by atoms with van der Waals surface area (Å²) in [5.74, 6) is 1.46. The van der Waals surface area contributed by atoms with Crippen LogP contribution in [0.4, 0.5) is 0 Å². The number of hydrogen-bond donors (Lipinski definition) is 0. The van der Waals surface area contributed by atoms with Crippen molar-refractivity contribution in [3.8, 4) is 17.2 Å². The molecule has 0 atom stereocenters. The summed E-state index contributed by atoms with van der Waals surface area (Å²) in [5, 5.41) is 0. The quantitative estimate of drug-likeness (QED) is 0.619. The Morgan fingerprint density at radius 3 is 2.36 bits per heavy atom. The SMILES string of the molecule is COc1ccccc1/C=C1/N=C(c2ccc(OC)c(OC)c2)OC1=O. The van der Waals surface area contributed by atoms with E-state index in [0.29, 0.717) is 22.8 Å². The van der Waals surface area contributed by atoms with E-state index in [1.54, 1.807) is 38.5 Å². The molecular weight excluding hydrogens is 322 g/mol. The van der Waals surface area contributed by atoms with E-state index in [2.05, 4.69) is 4.99 Å². The molecule has 1 heterocycles. The summed E-state index contributed by atoms with van der Waals surface area (Å²) >= 11 is 0. The fraction of sp³-hybridized carbons (Fsp3) is 0.158. The van der Waals surface area contributed by atoms with E-state index in [9.17, 15) is 4.79 Å². The van der Waals surface area contributed by atoms with Crippen LogP contribution in [0.25, 0.3) is 6.08 Å². The molecule has 0 fully saturated rings. The van der Waals surface area contributed by atoms with Gasteiger partial charge in [-0.3, -0.25) is 0 Å². The predicted octanol–water partition coefficient (Wildman–Crippen LogP) is 3.06. The number of cyclic esters (lactones) is 1. The Bertz CT molecular complexity index is 870. The van der Waals surface area contributed by atoms with Crippen molar-refractivity contribution in [1.29, 1.82) is 0 Å². The van der Waals surface area contributed by atoms with Crippen LogP contribution in [-0.2, 0) is 9.53 Å². The number of carbonyl (C=O) groups excluding carboxylic acids is 1. The summed E-state index contributed by atoms with van der Waals surface area (Å²) in [6, 6.07) is 12.5.